The van der Waals surface area contributed by atoms with Crippen LogP contribution in [-0.2, 0) is 0 Å². The van der Waals surface area contributed by atoms with Crippen LogP contribution in [0.25, 0.3) is 86.3 Å². The van der Waals surface area contributed by atoms with Gasteiger partial charge >= 0.3 is 0 Å². The minimum absolute atomic E-state index is 0.654. The SMILES string of the molecule is N#Cc1ccc2c(c1)c1ccccc1n2-c1cccc(-c2cccc(-n3c4ccc(C#N)cc4c4cc5c(cc43)sc3ccccc35)c2)c1. The number of nitrogens with zero attached hydrogens (tertiary/aromatic N) is 4. The fourth-order valence-electron chi connectivity index (χ4n) is 7.56. The molecule has 49 heavy (non-hydrogen) atoms. The molecule has 10 aromatic rings. The minimum Gasteiger partial charge on any atom is -0.309 e. The zero-order valence-corrected chi connectivity index (χ0v) is 26.9. The summed E-state index contributed by atoms with van der Waals surface area (Å²) < 4.78 is 7.14. The second kappa shape index (κ2) is 10.4. The van der Waals surface area contributed by atoms with Gasteiger partial charge in [-0.2, -0.15) is 10.5 Å². The minimum atomic E-state index is 0.654. The van der Waals surface area contributed by atoms with Gasteiger partial charge in [0.15, 0.2) is 0 Å². The van der Waals surface area contributed by atoms with E-state index in [4.69, 9.17) is 0 Å². The summed E-state index contributed by atoms with van der Waals surface area (Å²) in [7, 11) is 0. The summed E-state index contributed by atoms with van der Waals surface area (Å²) in [6.45, 7) is 0. The smallest absolute Gasteiger partial charge is 0.0991 e. The predicted molar refractivity (Wildman–Crippen MR) is 203 cm³/mol. The molecule has 4 nitrogen and oxygen atoms in total. The van der Waals surface area contributed by atoms with Gasteiger partial charge in [0.2, 0.25) is 0 Å². The van der Waals surface area contributed by atoms with Gasteiger partial charge in [-0.3, -0.25) is 0 Å². The Morgan fingerprint density at radius 2 is 0.939 bits per heavy atom. The number of fused-ring (bicyclic) bond motifs is 9. The number of rotatable bonds is 3. The summed E-state index contributed by atoms with van der Waals surface area (Å²) in [6.07, 6.45) is 0. The third kappa shape index (κ3) is 4.07. The third-order valence-electron chi connectivity index (χ3n) is 9.74. The zero-order valence-electron chi connectivity index (χ0n) is 26.1. The maximum Gasteiger partial charge on any atom is 0.0991 e. The van der Waals surface area contributed by atoms with Crippen molar-refractivity contribution in [3.05, 3.63) is 157 Å². The number of hydrogen-bond acceptors (Lipinski definition) is 3. The number of hydrogen-bond donors (Lipinski definition) is 0. The van der Waals surface area contributed by atoms with Crippen LogP contribution < -0.4 is 0 Å². The van der Waals surface area contributed by atoms with Gasteiger partial charge in [-0.05, 0) is 96.1 Å². The summed E-state index contributed by atoms with van der Waals surface area (Å²) in [5, 5.41) is 26.3. The Balaban J connectivity index is 1.17. The van der Waals surface area contributed by atoms with Gasteiger partial charge in [-0.25, -0.2) is 0 Å². The first-order valence-electron chi connectivity index (χ1n) is 16.1. The monoisotopic (exact) mass is 640 g/mol. The largest absolute Gasteiger partial charge is 0.309 e. The number of para-hydroxylation sites is 1. The molecule has 0 unspecified atom stereocenters. The van der Waals surface area contributed by atoms with Gasteiger partial charge in [0.05, 0.1) is 45.3 Å². The lowest BCUT2D eigenvalue weighted by Gasteiger charge is -2.13. The molecule has 10 rings (SSSR count). The van der Waals surface area contributed by atoms with E-state index in [1.54, 1.807) is 0 Å². The Morgan fingerprint density at radius 3 is 1.61 bits per heavy atom. The van der Waals surface area contributed by atoms with Crippen molar-refractivity contribution in [2.75, 3.05) is 0 Å². The first-order chi connectivity index (χ1) is 24.2. The van der Waals surface area contributed by atoms with Crippen LogP contribution in [0.4, 0.5) is 0 Å². The van der Waals surface area contributed by atoms with Gasteiger partial charge in [-0.1, -0.05) is 60.7 Å². The average molecular weight is 641 g/mol. The van der Waals surface area contributed by atoms with Crippen molar-refractivity contribution in [2.45, 2.75) is 0 Å². The Hall–Kier alpha value is -6.66. The molecule has 0 spiro atoms. The molecule has 0 atom stereocenters. The van der Waals surface area contributed by atoms with Crippen molar-refractivity contribution in [1.29, 1.82) is 10.5 Å². The third-order valence-corrected chi connectivity index (χ3v) is 10.9. The number of benzene rings is 7. The second-order valence-electron chi connectivity index (χ2n) is 12.4. The molecule has 0 saturated heterocycles. The van der Waals surface area contributed by atoms with E-state index in [2.05, 4.69) is 143 Å². The summed E-state index contributed by atoms with van der Waals surface area (Å²) in [4.78, 5) is 0. The van der Waals surface area contributed by atoms with Gasteiger partial charge in [0.1, 0.15) is 0 Å². The average Bonchev–Trinajstić information content (AvgIpc) is 3.80. The zero-order chi connectivity index (χ0) is 32.6. The highest BCUT2D eigenvalue weighted by Crippen LogP contribution is 2.41. The summed E-state index contributed by atoms with van der Waals surface area (Å²) >= 11 is 1.82. The van der Waals surface area contributed by atoms with Crippen LogP contribution in [0.15, 0.2) is 146 Å². The van der Waals surface area contributed by atoms with Crippen LogP contribution in [0.3, 0.4) is 0 Å². The summed E-state index contributed by atoms with van der Waals surface area (Å²) in [5.74, 6) is 0. The van der Waals surface area contributed by atoms with Crippen LogP contribution in [0.5, 0.6) is 0 Å². The van der Waals surface area contributed by atoms with E-state index < -0.39 is 0 Å². The Kier molecular flexibility index (Phi) is 5.84. The number of nitriles is 2. The van der Waals surface area contributed by atoms with E-state index in [0.29, 0.717) is 11.1 Å². The van der Waals surface area contributed by atoms with Gasteiger partial charge < -0.3 is 9.13 Å². The van der Waals surface area contributed by atoms with E-state index in [9.17, 15) is 10.5 Å². The van der Waals surface area contributed by atoms with Gasteiger partial charge in [0, 0.05) is 53.1 Å². The highest BCUT2D eigenvalue weighted by atomic mass is 32.1. The lowest BCUT2D eigenvalue weighted by atomic mass is 10.0. The molecular weight excluding hydrogens is 617 g/mol. The van der Waals surface area contributed by atoms with Crippen molar-refractivity contribution in [1.82, 2.24) is 9.13 Å². The fraction of sp³-hybridized carbons (Fsp3) is 0. The maximum atomic E-state index is 9.80. The Bertz CT molecular complexity index is 3090. The molecule has 226 valence electrons. The van der Waals surface area contributed by atoms with E-state index in [0.717, 1.165) is 66.1 Å². The van der Waals surface area contributed by atoms with Crippen molar-refractivity contribution in [3.8, 4) is 34.6 Å². The summed E-state index contributed by atoms with van der Waals surface area (Å²) in [6, 6.07) is 55.5. The van der Waals surface area contributed by atoms with Crippen LogP contribution >= 0.6 is 11.3 Å². The second-order valence-corrected chi connectivity index (χ2v) is 13.5. The molecule has 7 aromatic carbocycles. The Labute approximate surface area is 285 Å². The van der Waals surface area contributed by atoms with Gasteiger partial charge in [-0.15, -0.1) is 11.3 Å². The maximum absolute atomic E-state index is 9.80. The van der Waals surface area contributed by atoms with E-state index >= 15 is 0 Å². The predicted octanol–water partition coefficient (Wildman–Crippen LogP) is 11.7. The van der Waals surface area contributed by atoms with Crippen molar-refractivity contribution < 1.29 is 0 Å². The Morgan fingerprint density at radius 1 is 0.388 bits per heavy atom. The molecule has 3 aromatic heterocycles. The van der Waals surface area contributed by atoms with Crippen LogP contribution in [0, 0.1) is 22.7 Å². The fourth-order valence-corrected chi connectivity index (χ4v) is 8.68. The van der Waals surface area contributed by atoms with Crippen molar-refractivity contribution in [3.63, 3.8) is 0 Å². The first kappa shape index (κ1) is 27.5. The highest BCUT2D eigenvalue weighted by molar-refractivity contribution is 7.25. The van der Waals surface area contributed by atoms with Crippen molar-refractivity contribution in [2.24, 2.45) is 0 Å². The lowest BCUT2D eigenvalue weighted by Crippen LogP contribution is -1.96. The molecule has 0 aliphatic carbocycles. The van der Waals surface area contributed by atoms with E-state index in [1.165, 1.54) is 20.2 Å². The number of thiophene rings is 1. The van der Waals surface area contributed by atoms with E-state index in [-0.39, 0.29) is 0 Å². The highest BCUT2D eigenvalue weighted by Gasteiger charge is 2.18. The molecule has 0 fully saturated rings. The molecule has 0 radical (unpaired) electrons. The molecule has 0 amide bonds. The van der Waals surface area contributed by atoms with Crippen molar-refractivity contribution >= 4 is 75.1 Å². The summed E-state index contributed by atoms with van der Waals surface area (Å²) in [5.41, 5.74) is 10.0. The molecular formula is C44H24N4S. The normalized spacial score (nSPS) is 11.6. The van der Waals surface area contributed by atoms with Crippen LogP contribution in [0.1, 0.15) is 11.1 Å². The standard InChI is InChI=1S/C44H24N4S/c45-25-27-15-17-40-35(19-27)33-11-1-3-13-39(33)47(40)31-9-5-7-29(21-31)30-8-6-10-32(22-30)48-41-18-16-28(26-46)20-36(41)37-23-38-34-12-2-4-14-43(34)49-44(38)24-42(37)48/h1-24H. The molecule has 0 bridgehead atoms. The van der Waals surface area contributed by atoms with Crippen LogP contribution in [0.2, 0.25) is 0 Å². The van der Waals surface area contributed by atoms with E-state index in [1.807, 2.05) is 35.6 Å². The molecule has 0 saturated carbocycles. The molecule has 5 heteroatoms. The van der Waals surface area contributed by atoms with Crippen LogP contribution in [-0.4, -0.2) is 9.13 Å². The molecule has 0 N–H and O–H groups in total. The molecule has 0 aliphatic rings. The lowest BCUT2D eigenvalue weighted by molar-refractivity contribution is 1.17. The van der Waals surface area contributed by atoms with Gasteiger partial charge in [0.25, 0.3) is 0 Å². The number of aromatic nitrogens is 2. The molecule has 3 heterocycles. The molecule has 0 aliphatic heterocycles. The topological polar surface area (TPSA) is 57.4 Å². The first-order valence-corrected chi connectivity index (χ1v) is 16.9. The quantitative estimate of drug-likeness (QED) is 0.193.